The molecule has 55 valence electrons. The molecule has 0 amide bonds. The van der Waals surface area contributed by atoms with Crippen LogP contribution in [0.15, 0.2) is 0 Å². The predicted octanol–water partition coefficient (Wildman–Crippen LogP) is 2.24. The van der Waals surface area contributed by atoms with Crippen molar-refractivity contribution < 1.29 is 13.2 Å². The molecule has 0 heterocycles. The van der Waals surface area contributed by atoms with Gasteiger partial charge in [-0.3, -0.25) is 0 Å². The third-order valence-electron chi connectivity index (χ3n) is 0.979. The van der Waals surface area contributed by atoms with Crippen LogP contribution >= 0.6 is 0 Å². The number of rotatable bonds is 3. The van der Waals surface area contributed by atoms with Crippen LogP contribution in [0.5, 0.6) is 0 Å². The second kappa shape index (κ2) is 3.75. The van der Waals surface area contributed by atoms with Crippen molar-refractivity contribution in [3.8, 4) is 0 Å². The Balaban J connectivity index is 3.38. The summed E-state index contributed by atoms with van der Waals surface area (Å²) in [5.41, 5.74) is 0. The van der Waals surface area contributed by atoms with E-state index in [2.05, 4.69) is 6.92 Å². The van der Waals surface area contributed by atoms with Crippen LogP contribution in [-0.2, 0) is 0 Å². The Hall–Kier alpha value is -0.210. The molecule has 0 aromatic carbocycles. The molecule has 0 fully saturated rings. The molecule has 3 atom stereocenters. The minimum absolute atomic E-state index is 0.447. The minimum Gasteiger partial charge on any atom is -0.247 e. The molecule has 0 aliphatic heterocycles. The van der Waals surface area contributed by atoms with Gasteiger partial charge >= 0.3 is 0 Å². The van der Waals surface area contributed by atoms with Crippen molar-refractivity contribution in [1.29, 1.82) is 0 Å². The van der Waals surface area contributed by atoms with Gasteiger partial charge in [-0.25, -0.2) is 13.2 Å². The molecule has 0 aromatic rings. The van der Waals surface area contributed by atoms with E-state index >= 15 is 0 Å². The molecular formula is C6H10F3. The Kier molecular flexibility index (Phi) is 3.66. The van der Waals surface area contributed by atoms with Crippen molar-refractivity contribution in [3.63, 3.8) is 0 Å². The lowest BCUT2D eigenvalue weighted by Crippen LogP contribution is -2.17. The lowest BCUT2D eigenvalue weighted by atomic mass is 10.1. The van der Waals surface area contributed by atoms with Gasteiger partial charge < -0.3 is 0 Å². The van der Waals surface area contributed by atoms with E-state index in [0.29, 0.717) is 0 Å². The first-order chi connectivity index (χ1) is 4.04. The van der Waals surface area contributed by atoms with E-state index in [1.165, 1.54) is 0 Å². The Labute approximate surface area is 53.1 Å². The highest BCUT2D eigenvalue weighted by Crippen LogP contribution is 2.11. The molecule has 0 rings (SSSR count). The summed E-state index contributed by atoms with van der Waals surface area (Å²) in [6.07, 6.45) is -5.25. The van der Waals surface area contributed by atoms with Crippen LogP contribution < -0.4 is 0 Å². The lowest BCUT2D eigenvalue weighted by molar-refractivity contribution is 0.148. The normalized spacial score (nSPS) is 21.0. The molecule has 0 saturated heterocycles. The van der Waals surface area contributed by atoms with Crippen molar-refractivity contribution in [1.82, 2.24) is 0 Å². The Morgan fingerprint density at radius 3 is 1.89 bits per heavy atom. The summed E-state index contributed by atoms with van der Waals surface area (Å²) < 4.78 is 35.8. The molecule has 0 nitrogen and oxygen atoms in total. The zero-order chi connectivity index (χ0) is 7.44. The van der Waals surface area contributed by atoms with Crippen LogP contribution in [0.3, 0.4) is 0 Å². The Morgan fingerprint density at radius 2 is 1.78 bits per heavy atom. The van der Waals surface area contributed by atoms with Gasteiger partial charge in [-0.15, -0.1) is 0 Å². The SMILES string of the molecule is [CH2]C(F)CC(F)C(C)F. The van der Waals surface area contributed by atoms with Crippen molar-refractivity contribution in [2.75, 3.05) is 0 Å². The maximum Gasteiger partial charge on any atom is 0.134 e. The molecule has 3 unspecified atom stereocenters. The summed E-state index contributed by atoms with van der Waals surface area (Å²) in [4.78, 5) is 0. The predicted molar refractivity (Wildman–Crippen MR) is 30.3 cm³/mol. The molecule has 3 heteroatoms. The van der Waals surface area contributed by atoms with E-state index in [0.717, 1.165) is 6.92 Å². The zero-order valence-corrected chi connectivity index (χ0v) is 5.28. The standard InChI is InChI=1S/C6H10F3/c1-4(7)3-6(9)5(2)8/h4-6H,1,3H2,2H3. The maximum absolute atomic E-state index is 12.1. The fourth-order valence-corrected chi connectivity index (χ4v) is 0.432. The fraction of sp³-hybridized carbons (Fsp3) is 0.833. The molecule has 0 aliphatic rings. The van der Waals surface area contributed by atoms with Gasteiger partial charge in [-0.1, -0.05) is 0 Å². The average molecular weight is 139 g/mol. The highest BCUT2D eigenvalue weighted by Gasteiger charge is 2.17. The van der Waals surface area contributed by atoms with E-state index in [1.54, 1.807) is 0 Å². The van der Waals surface area contributed by atoms with Gasteiger partial charge in [-0.05, 0) is 13.8 Å². The largest absolute Gasteiger partial charge is 0.247 e. The van der Waals surface area contributed by atoms with Crippen LogP contribution in [0, 0.1) is 6.92 Å². The molecule has 0 saturated carbocycles. The number of halogens is 3. The highest BCUT2D eigenvalue weighted by molar-refractivity contribution is 4.69. The second-order valence-electron chi connectivity index (χ2n) is 2.03. The van der Waals surface area contributed by atoms with Gasteiger partial charge in [-0.2, -0.15) is 0 Å². The van der Waals surface area contributed by atoms with Crippen LogP contribution in [0.4, 0.5) is 13.2 Å². The second-order valence-corrected chi connectivity index (χ2v) is 2.03. The summed E-state index contributed by atoms with van der Waals surface area (Å²) in [7, 11) is 0. The Bertz CT molecular complexity index is 70.7. The first kappa shape index (κ1) is 8.79. The van der Waals surface area contributed by atoms with Crippen LogP contribution in [0.25, 0.3) is 0 Å². The molecule has 9 heavy (non-hydrogen) atoms. The quantitative estimate of drug-likeness (QED) is 0.562. The van der Waals surface area contributed by atoms with E-state index in [9.17, 15) is 13.2 Å². The molecular weight excluding hydrogens is 129 g/mol. The van der Waals surface area contributed by atoms with Gasteiger partial charge in [0.25, 0.3) is 0 Å². The van der Waals surface area contributed by atoms with E-state index in [4.69, 9.17) is 0 Å². The molecule has 1 radical (unpaired) electrons. The summed E-state index contributed by atoms with van der Waals surface area (Å²) in [6, 6.07) is 0. The first-order valence-corrected chi connectivity index (χ1v) is 2.79. The first-order valence-electron chi connectivity index (χ1n) is 2.79. The summed E-state index contributed by atoms with van der Waals surface area (Å²) in [5.74, 6) is 0. The average Bonchev–Trinajstić information content (AvgIpc) is 1.63. The number of hydrogen-bond acceptors (Lipinski definition) is 0. The molecule has 0 aromatic heterocycles. The maximum atomic E-state index is 12.1. The van der Waals surface area contributed by atoms with Gasteiger partial charge in [0.05, 0.1) is 0 Å². The van der Waals surface area contributed by atoms with Gasteiger partial charge in [0, 0.05) is 6.42 Å². The summed E-state index contributed by atoms with van der Waals surface area (Å²) >= 11 is 0. The van der Waals surface area contributed by atoms with E-state index in [1.807, 2.05) is 0 Å². The van der Waals surface area contributed by atoms with Crippen molar-refractivity contribution in [2.45, 2.75) is 31.9 Å². The smallest absolute Gasteiger partial charge is 0.134 e. The fourth-order valence-electron chi connectivity index (χ4n) is 0.432. The molecule has 0 aliphatic carbocycles. The van der Waals surface area contributed by atoms with Gasteiger partial charge in [0.2, 0.25) is 0 Å². The van der Waals surface area contributed by atoms with Crippen LogP contribution in [0.1, 0.15) is 13.3 Å². The van der Waals surface area contributed by atoms with Crippen molar-refractivity contribution >= 4 is 0 Å². The van der Waals surface area contributed by atoms with Gasteiger partial charge in [0.15, 0.2) is 0 Å². The minimum atomic E-state index is -1.71. The van der Waals surface area contributed by atoms with E-state index in [-0.39, 0.29) is 0 Å². The third-order valence-corrected chi connectivity index (χ3v) is 0.979. The topological polar surface area (TPSA) is 0 Å². The van der Waals surface area contributed by atoms with E-state index < -0.39 is 24.9 Å². The third kappa shape index (κ3) is 4.30. The Morgan fingerprint density at radius 1 is 1.33 bits per heavy atom. The monoisotopic (exact) mass is 139 g/mol. The van der Waals surface area contributed by atoms with Gasteiger partial charge in [0.1, 0.15) is 18.5 Å². The van der Waals surface area contributed by atoms with Crippen molar-refractivity contribution in [3.05, 3.63) is 6.92 Å². The molecule has 0 spiro atoms. The van der Waals surface area contributed by atoms with Crippen molar-refractivity contribution in [2.24, 2.45) is 0 Å². The highest BCUT2D eigenvalue weighted by atomic mass is 19.2. The zero-order valence-electron chi connectivity index (χ0n) is 5.28. The lowest BCUT2D eigenvalue weighted by Gasteiger charge is -2.08. The molecule has 0 N–H and O–H groups in total. The summed E-state index contributed by atoms with van der Waals surface area (Å²) in [6.45, 7) is 3.95. The number of alkyl halides is 3. The van der Waals surface area contributed by atoms with Crippen LogP contribution in [-0.4, -0.2) is 18.5 Å². The summed E-state index contributed by atoms with van der Waals surface area (Å²) in [5, 5.41) is 0. The molecule has 0 bridgehead atoms. The van der Waals surface area contributed by atoms with Crippen LogP contribution in [0.2, 0.25) is 0 Å². The number of hydrogen-bond donors (Lipinski definition) is 0.